The third-order valence-electron chi connectivity index (χ3n) is 4.81. The second kappa shape index (κ2) is 10.3. The van der Waals surface area contributed by atoms with Crippen LogP contribution in [0, 0.1) is 11.6 Å². The Morgan fingerprint density at radius 1 is 0.710 bits per heavy atom. The maximum atomic E-state index is 14.5. The van der Waals surface area contributed by atoms with Crippen molar-refractivity contribution in [1.29, 1.82) is 0 Å². The molecule has 3 aromatic rings. The van der Waals surface area contributed by atoms with Crippen molar-refractivity contribution in [2.75, 3.05) is 6.61 Å². The molecule has 0 atom stereocenters. The first-order valence-electron chi connectivity index (χ1n) is 10.2. The van der Waals surface area contributed by atoms with Crippen LogP contribution in [0.5, 0.6) is 11.5 Å². The number of halogens is 4. The Morgan fingerprint density at radius 2 is 1.35 bits per heavy atom. The third kappa shape index (κ3) is 6.23. The Labute approximate surface area is 179 Å². The monoisotopic (exact) mass is 432 g/mol. The molecule has 0 bridgehead atoms. The van der Waals surface area contributed by atoms with Crippen molar-refractivity contribution in [3.63, 3.8) is 0 Å². The SMILES string of the molecule is CCCCCCOc1ccc(C(F)(F)Oc2ccc(-c3ccc(F)c(F)c3)cc2)cc1. The molecule has 3 aromatic carbocycles. The van der Waals surface area contributed by atoms with Gasteiger partial charge in [0.25, 0.3) is 0 Å². The van der Waals surface area contributed by atoms with Crippen LogP contribution in [0.2, 0.25) is 0 Å². The van der Waals surface area contributed by atoms with E-state index < -0.39 is 17.7 Å². The summed E-state index contributed by atoms with van der Waals surface area (Å²) in [6, 6.07) is 14.8. The van der Waals surface area contributed by atoms with E-state index in [1.807, 2.05) is 0 Å². The Hall–Kier alpha value is -3.02. The molecule has 0 aromatic heterocycles. The average molecular weight is 432 g/mol. The molecule has 0 fully saturated rings. The summed E-state index contributed by atoms with van der Waals surface area (Å²) >= 11 is 0. The van der Waals surface area contributed by atoms with Gasteiger partial charge in [0.2, 0.25) is 0 Å². The molecule has 0 aliphatic heterocycles. The maximum Gasteiger partial charge on any atom is 0.426 e. The van der Waals surface area contributed by atoms with Gasteiger partial charge >= 0.3 is 6.11 Å². The molecular formula is C25H24F4O2. The highest BCUT2D eigenvalue weighted by atomic mass is 19.3. The van der Waals surface area contributed by atoms with Crippen LogP contribution in [0.3, 0.4) is 0 Å². The smallest absolute Gasteiger partial charge is 0.426 e. The lowest BCUT2D eigenvalue weighted by Crippen LogP contribution is -2.21. The number of hydrogen-bond acceptors (Lipinski definition) is 2. The van der Waals surface area contributed by atoms with E-state index in [4.69, 9.17) is 9.47 Å². The average Bonchev–Trinajstić information content (AvgIpc) is 2.76. The van der Waals surface area contributed by atoms with E-state index in [1.165, 1.54) is 54.6 Å². The lowest BCUT2D eigenvalue weighted by molar-refractivity contribution is -0.185. The van der Waals surface area contributed by atoms with Gasteiger partial charge in [-0.3, -0.25) is 0 Å². The number of ether oxygens (including phenoxy) is 2. The zero-order valence-corrected chi connectivity index (χ0v) is 17.2. The molecule has 3 rings (SSSR count). The minimum atomic E-state index is -3.54. The van der Waals surface area contributed by atoms with Crippen molar-refractivity contribution in [3.05, 3.63) is 83.9 Å². The molecule has 0 heterocycles. The number of rotatable bonds is 10. The molecule has 6 heteroatoms. The molecule has 0 saturated carbocycles. The summed E-state index contributed by atoms with van der Waals surface area (Å²) < 4.78 is 66.0. The van der Waals surface area contributed by atoms with Crippen molar-refractivity contribution >= 4 is 0 Å². The van der Waals surface area contributed by atoms with E-state index in [0.717, 1.165) is 37.8 Å². The largest absolute Gasteiger partial charge is 0.494 e. The van der Waals surface area contributed by atoms with Crippen molar-refractivity contribution in [3.8, 4) is 22.6 Å². The van der Waals surface area contributed by atoms with E-state index in [2.05, 4.69) is 6.92 Å². The van der Waals surface area contributed by atoms with Crippen LogP contribution in [0.15, 0.2) is 66.7 Å². The standard InChI is InChI=1S/C25H24F4O2/c1-2-3-4-5-16-30-21-13-9-20(10-14-21)25(28,29)31-22-11-6-18(7-12-22)19-8-15-23(26)24(27)17-19/h6-15,17H,2-5,16H2,1H3. The van der Waals surface area contributed by atoms with E-state index in [1.54, 1.807) is 0 Å². The second-order valence-corrected chi connectivity index (χ2v) is 7.21. The minimum Gasteiger partial charge on any atom is -0.494 e. The van der Waals surface area contributed by atoms with Gasteiger partial charge in [-0.1, -0.05) is 44.4 Å². The van der Waals surface area contributed by atoms with Gasteiger partial charge < -0.3 is 9.47 Å². The first-order chi connectivity index (χ1) is 14.9. The normalized spacial score (nSPS) is 11.4. The molecule has 2 nitrogen and oxygen atoms in total. The van der Waals surface area contributed by atoms with Gasteiger partial charge in [0.15, 0.2) is 11.6 Å². The van der Waals surface area contributed by atoms with Gasteiger partial charge in [0, 0.05) is 0 Å². The van der Waals surface area contributed by atoms with Gasteiger partial charge in [0.05, 0.1) is 12.2 Å². The van der Waals surface area contributed by atoms with Crippen LogP contribution in [0.4, 0.5) is 17.6 Å². The molecule has 0 aliphatic carbocycles. The number of benzene rings is 3. The molecule has 31 heavy (non-hydrogen) atoms. The van der Waals surface area contributed by atoms with E-state index in [9.17, 15) is 17.6 Å². The Kier molecular flexibility index (Phi) is 7.55. The fraction of sp³-hybridized carbons (Fsp3) is 0.280. The molecule has 164 valence electrons. The van der Waals surface area contributed by atoms with Crippen LogP contribution in [-0.2, 0) is 6.11 Å². The summed E-state index contributed by atoms with van der Waals surface area (Å²) in [4.78, 5) is 0. The summed E-state index contributed by atoms with van der Waals surface area (Å²) in [7, 11) is 0. The van der Waals surface area contributed by atoms with Gasteiger partial charge in [0.1, 0.15) is 11.5 Å². The third-order valence-corrected chi connectivity index (χ3v) is 4.81. The van der Waals surface area contributed by atoms with Crippen LogP contribution in [-0.4, -0.2) is 6.61 Å². The zero-order chi connectivity index (χ0) is 22.3. The summed E-state index contributed by atoms with van der Waals surface area (Å²) in [6.07, 6.45) is 0.749. The predicted octanol–water partition coefficient (Wildman–Crippen LogP) is 7.72. The van der Waals surface area contributed by atoms with Crippen molar-refractivity contribution in [1.82, 2.24) is 0 Å². The fourth-order valence-electron chi connectivity index (χ4n) is 3.06. The lowest BCUT2D eigenvalue weighted by atomic mass is 10.1. The van der Waals surface area contributed by atoms with Crippen molar-refractivity contribution in [2.45, 2.75) is 38.7 Å². The van der Waals surface area contributed by atoms with E-state index >= 15 is 0 Å². The van der Waals surface area contributed by atoms with Crippen LogP contribution >= 0.6 is 0 Å². The second-order valence-electron chi connectivity index (χ2n) is 7.21. The summed E-state index contributed by atoms with van der Waals surface area (Å²) in [5.74, 6) is -1.44. The maximum absolute atomic E-state index is 14.5. The van der Waals surface area contributed by atoms with E-state index in [0.29, 0.717) is 23.5 Å². The summed E-state index contributed by atoms with van der Waals surface area (Å²) in [6.45, 7) is 2.68. The number of unbranched alkanes of at least 4 members (excludes halogenated alkanes) is 3. The van der Waals surface area contributed by atoms with Crippen molar-refractivity contribution < 1.29 is 27.0 Å². The first kappa shape index (κ1) is 22.7. The number of hydrogen-bond donors (Lipinski definition) is 0. The quantitative estimate of drug-likeness (QED) is 0.241. The van der Waals surface area contributed by atoms with Crippen LogP contribution < -0.4 is 9.47 Å². The molecular weight excluding hydrogens is 408 g/mol. The Balaban J connectivity index is 1.61. The van der Waals surface area contributed by atoms with Crippen LogP contribution in [0.25, 0.3) is 11.1 Å². The lowest BCUT2D eigenvalue weighted by Gasteiger charge is -2.19. The van der Waals surface area contributed by atoms with Gasteiger partial charge in [-0.25, -0.2) is 8.78 Å². The molecule has 0 aliphatic rings. The molecule has 0 amide bonds. The Bertz CT molecular complexity index is 970. The van der Waals surface area contributed by atoms with Gasteiger partial charge in [-0.15, -0.1) is 0 Å². The predicted molar refractivity (Wildman–Crippen MR) is 112 cm³/mol. The van der Waals surface area contributed by atoms with E-state index in [-0.39, 0.29) is 11.3 Å². The van der Waals surface area contributed by atoms with Crippen LogP contribution in [0.1, 0.15) is 38.2 Å². The van der Waals surface area contributed by atoms with Gasteiger partial charge in [-0.2, -0.15) is 8.78 Å². The molecule has 0 spiro atoms. The zero-order valence-electron chi connectivity index (χ0n) is 17.2. The topological polar surface area (TPSA) is 18.5 Å². The molecule has 0 unspecified atom stereocenters. The summed E-state index contributed by atoms with van der Waals surface area (Å²) in [5.41, 5.74) is 0.688. The highest BCUT2D eigenvalue weighted by molar-refractivity contribution is 5.64. The fourth-order valence-corrected chi connectivity index (χ4v) is 3.06. The number of alkyl halides is 2. The highest BCUT2D eigenvalue weighted by Crippen LogP contribution is 2.33. The molecule has 0 saturated heterocycles. The highest BCUT2D eigenvalue weighted by Gasteiger charge is 2.34. The Morgan fingerprint density at radius 3 is 2.00 bits per heavy atom. The molecule has 0 radical (unpaired) electrons. The first-order valence-corrected chi connectivity index (χ1v) is 10.2. The van der Waals surface area contributed by atoms with Gasteiger partial charge in [-0.05, 0) is 66.1 Å². The summed E-state index contributed by atoms with van der Waals surface area (Å²) in [5, 5.41) is 0. The van der Waals surface area contributed by atoms with Crippen molar-refractivity contribution in [2.24, 2.45) is 0 Å². The molecule has 0 N–H and O–H groups in total. The minimum absolute atomic E-state index is 0.0485.